The van der Waals surface area contributed by atoms with E-state index in [1.807, 2.05) is 6.08 Å². The summed E-state index contributed by atoms with van der Waals surface area (Å²) < 4.78 is 28.6. The summed E-state index contributed by atoms with van der Waals surface area (Å²) in [7, 11) is -3.70. The lowest BCUT2D eigenvalue weighted by molar-refractivity contribution is -0.137. The molecule has 0 rings (SSSR count). The van der Waals surface area contributed by atoms with Crippen molar-refractivity contribution in [3.63, 3.8) is 0 Å². The number of carboxylic acid groups (broad SMARTS) is 1. The summed E-state index contributed by atoms with van der Waals surface area (Å²) in [5.41, 5.74) is 2.77. The molecule has 0 aromatic rings. The molecular formula is C23H41O6P. The zero-order valence-corrected chi connectivity index (χ0v) is 20.5. The van der Waals surface area contributed by atoms with Crippen molar-refractivity contribution in [2.24, 2.45) is 0 Å². The Morgan fingerprint density at radius 3 is 1.97 bits per heavy atom. The maximum Gasteiger partial charge on any atom is 0.344 e. The minimum atomic E-state index is -3.70. The van der Waals surface area contributed by atoms with E-state index >= 15 is 0 Å². The standard InChI is InChI=1S/C23H41O6P/c1-7-28-30(26,29-8-2)22(23(24)25)16-18-27-17-15-21(6)14-10-13-20(5)12-9-11-19(3)4/h11,13,15,22H,7-10,12,14,16-18H2,1-6H3,(H,24,25)/b20-13+,21-15+. The first kappa shape index (κ1) is 28.8. The van der Waals surface area contributed by atoms with Gasteiger partial charge in [-0.25, -0.2) is 0 Å². The van der Waals surface area contributed by atoms with E-state index in [-0.39, 0.29) is 26.2 Å². The summed E-state index contributed by atoms with van der Waals surface area (Å²) >= 11 is 0. The van der Waals surface area contributed by atoms with Crippen LogP contribution in [0.1, 0.15) is 73.6 Å². The van der Waals surface area contributed by atoms with Crippen molar-refractivity contribution in [3.05, 3.63) is 34.9 Å². The van der Waals surface area contributed by atoms with E-state index in [1.54, 1.807) is 13.8 Å². The van der Waals surface area contributed by atoms with Gasteiger partial charge in [0.25, 0.3) is 0 Å². The van der Waals surface area contributed by atoms with Crippen LogP contribution in [0, 0.1) is 0 Å². The number of carboxylic acids is 1. The molecular weight excluding hydrogens is 403 g/mol. The predicted octanol–water partition coefficient (Wildman–Crippen LogP) is 6.53. The first-order chi connectivity index (χ1) is 14.2. The largest absolute Gasteiger partial charge is 0.481 e. The Hall–Kier alpha value is -1.20. The summed E-state index contributed by atoms with van der Waals surface area (Å²) in [4.78, 5) is 11.5. The molecule has 0 aliphatic rings. The molecule has 0 fully saturated rings. The smallest absolute Gasteiger partial charge is 0.344 e. The van der Waals surface area contributed by atoms with E-state index < -0.39 is 19.2 Å². The van der Waals surface area contributed by atoms with Gasteiger partial charge in [0, 0.05) is 6.61 Å². The molecule has 174 valence electrons. The quantitative estimate of drug-likeness (QED) is 0.156. The third-order valence-electron chi connectivity index (χ3n) is 4.49. The Kier molecular flexibility index (Phi) is 15.8. The van der Waals surface area contributed by atoms with Crippen LogP contribution in [0.25, 0.3) is 0 Å². The monoisotopic (exact) mass is 444 g/mol. The van der Waals surface area contributed by atoms with Crippen molar-refractivity contribution in [1.29, 1.82) is 0 Å². The van der Waals surface area contributed by atoms with Crippen LogP contribution in [0.15, 0.2) is 34.9 Å². The van der Waals surface area contributed by atoms with Crippen molar-refractivity contribution in [3.8, 4) is 0 Å². The number of rotatable bonds is 17. The normalized spacial score (nSPS) is 13.9. The van der Waals surface area contributed by atoms with E-state index in [2.05, 4.69) is 39.8 Å². The lowest BCUT2D eigenvalue weighted by Gasteiger charge is -2.23. The van der Waals surface area contributed by atoms with Crippen molar-refractivity contribution >= 4 is 13.6 Å². The van der Waals surface area contributed by atoms with Gasteiger partial charge in [0.05, 0.1) is 19.8 Å². The van der Waals surface area contributed by atoms with E-state index in [4.69, 9.17) is 13.8 Å². The van der Waals surface area contributed by atoms with Crippen molar-refractivity contribution in [2.45, 2.75) is 79.3 Å². The first-order valence-electron chi connectivity index (χ1n) is 10.8. The van der Waals surface area contributed by atoms with E-state index in [0.29, 0.717) is 6.61 Å². The van der Waals surface area contributed by atoms with Crippen LogP contribution >= 0.6 is 7.60 Å². The summed E-state index contributed by atoms with van der Waals surface area (Å²) in [5, 5.41) is 9.42. The predicted molar refractivity (Wildman–Crippen MR) is 123 cm³/mol. The maximum absolute atomic E-state index is 12.7. The van der Waals surface area contributed by atoms with Crippen LogP contribution in [0.4, 0.5) is 0 Å². The SMILES string of the molecule is CCOP(=O)(OCC)C(CCOC/C=C(\C)CC/C=C(\C)CCC=C(C)C)C(=O)O. The lowest BCUT2D eigenvalue weighted by atomic mass is 10.1. The van der Waals surface area contributed by atoms with Gasteiger partial charge in [-0.15, -0.1) is 0 Å². The van der Waals surface area contributed by atoms with Gasteiger partial charge in [0.1, 0.15) is 0 Å². The van der Waals surface area contributed by atoms with Gasteiger partial charge in [-0.05, 0) is 73.6 Å². The number of allylic oxidation sites excluding steroid dienone is 5. The molecule has 1 atom stereocenters. The fourth-order valence-corrected chi connectivity index (χ4v) is 4.66. The number of ether oxygens (including phenoxy) is 1. The number of aliphatic carboxylic acids is 1. The molecule has 0 heterocycles. The van der Waals surface area contributed by atoms with E-state index in [1.165, 1.54) is 16.7 Å². The molecule has 0 bridgehead atoms. The number of hydrogen-bond acceptors (Lipinski definition) is 5. The van der Waals surface area contributed by atoms with Crippen LogP contribution < -0.4 is 0 Å². The molecule has 0 amide bonds. The van der Waals surface area contributed by atoms with Gasteiger partial charge in [-0.1, -0.05) is 34.9 Å². The molecule has 0 aliphatic heterocycles. The van der Waals surface area contributed by atoms with Crippen LogP contribution in [0.3, 0.4) is 0 Å². The van der Waals surface area contributed by atoms with Crippen molar-refractivity contribution in [1.82, 2.24) is 0 Å². The van der Waals surface area contributed by atoms with Gasteiger partial charge in [0.2, 0.25) is 0 Å². The molecule has 0 aliphatic carbocycles. The maximum atomic E-state index is 12.7. The molecule has 0 saturated heterocycles. The summed E-state index contributed by atoms with van der Waals surface area (Å²) in [6.45, 7) is 12.6. The zero-order valence-electron chi connectivity index (χ0n) is 19.6. The minimum absolute atomic E-state index is 0.0765. The van der Waals surface area contributed by atoms with Crippen molar-refractivity contribution < 1.29 is 28.3 Å². The number of hydrogen-bond donors (Lipinski definition) is 1. The first-order valence-corrected chi connectivity index (χ1v) is 12.4. The topological polar surface area (TPSA) is 82.1 Å². The second-order valence-electron chi connectivity index (χ2n) is 7.55. The average molecular weight is 445 g/mol. The summed E-state index contributed by atoms with van der Waals surface area (Å²) in [6, 6.07) is 0. The molecule has 6 nitrogen and oxygen atoms in total. The second kappa shape index (κ2) is 16.5. The summed E-state index contributed by atoms with van der Waals surface area (Å²) in [5.74, 6) is -1.19. The molecule has 0 aromatic heterocycles. The third-order valence-corrected chi connectivity index (χ3v) is 6.97. The molecule has 0 aromatic carbocycles. The second-order valence-corrected chi connectivity index (χ2v) is 9.77. The molecule has 1 N–H and O–H groups in total. The van der Waals surface area contributed by atoms with Crippen LogP contribution in [0.2, 0.25) is 0 Å². The van der Waals surface area contributed by atoms with Crippen LogP contribution in [-0.4, -0.2) is 43.2 Å². The van der Waals surface area contributed by atoms with Gasteiger partial charge in [0.15, 0.2) is 5.66 Å². The Morgan fingerprint density at radius 1 is 0.933 bits per heavy atom. The third kappa shape index (κ3) is 13.2. The lowest BCUT2D eigenvalue weighted by Crippen LogP contribution is -2.25. The van der Waals surface area contributed by atoms with Crippen LogP contribution in [0.5, 0.6) is 0 Å². The molecule has 0 saturated carbocycles. The Balaban J connectivity index is 4.37. The highest BCUT2D eigenvalue weighted by Gasteiger charge is 2.40. The molecule has 0 spiro atoms. The van der Waals surface area contributed by atoms with Crippen molar-refractivity contribution in [2.75, 3.05) is 26.4 Å². The Bertz CT molecular complexity index is 622. The molecule has 7 heteroatoms. The average Bonchev–Trinajstić information content (AvgIpc) is 2.64. The fourth-order valence-electron chi connectivity index (χ4n) is 2.81. The summed E-state index contributed by atoms with van der Waals surface area (Å²) in [6.07, 6.45) is 10.8. The molecule has 1 unspecified atom stereocenters. The van der Waals surface area contributed by atoms with Gasteiger partial charge >= 0.3 is 13.6 Å². The Labute approximate surface area is 182 Å². The minimum Gasteiger partial charge on any atom is -0.481 e. The number of carbonyl (C=O) groups is 1. The highest BCUT2D eigenvalue weighted by Crippen LogP contribution is 2.54. The highest BCUT2D eigenvalue weighted by molar-refractivity contribution is 7.55. The zero-order chi connectivity index (χ0) is 23.0. The fraction of sp³-hybridized carbons (Fsp3) is 0.696. The van der Waals surface area contributed by atoms with Gasteiger partial charge < -0.3 is 18.9 Å². The molecule has 30 heavy (non-hydrogen) atoms. The van der Waals surface area contributed by atoms with Gasteiger partial charge in [-0.3, -0.25) is 9.36 Å². The Morgan fingerprint density at radius 2 is 1.47 bits per heavy atom. The van der Waals surface area contributed by atoms with E-state index in [9.17, 15) is 14.5 Å². The molecule has 0 radical (unpaired) electrons. The van der Waals surface area contributed by atoms with Gasteiger partial charge in [-0.2, -0.15) is 0 Å². The van der Waals surface area contributed by atoms with Crippen LogP contribution in [-0.2, 0) is 23.1 Å². The van der Waals surface area contributed by atoms with E-state index in [0.717, 1.165) is 25.7 Å². The highest BCUT2D eigenvalue weighted by atomic mass is 31.2.